The standard InChI is InChI=1S/C19H22N2O4/c1-19(23)10-12-21(13-16(19)25-14-7-4-3-5-8-14)18(22)15-9-6-11-20-17(15)24-2/h3-9,11,16,23H,10,12-13H2,1-2H3/t16-,19-/m1/s1. The molecule has 3 rings (SSSR count). The van der Waals surface area contributed by atoms with Gasteiger partial charge in [-0.3, -0.25) is 4.79 Å². The maximum atomic E-state index is 12.9. The summed E-state index contributed by atoms with van der Waals surface area (Å²) in [5.74, 6) is 0.786. The number of hydrogen-bond donors (Lipinski definition) is 1. The zero-order chi connectivity index (χ0) is 17.9. The van der Waals surface area contributed by atoms with E-state index in [4.69, 9.17) is 9.47 Å². The molecule has 1 aliphatic rings. The third-order valence-electron chi connectivity index (χ3n) is 4.47. The number of piperidine rings is 1. The molecule has 0 bridgehead atoms. The van der Waals surface area contributed by atoms with E-state index in [9.17, 15) is 9.90 Å². The number of pyridine rings is 1. The van der Waals surface area contributed by atoms with Crippen LogP contribution in [-0.2, 0) is 0 Å². The van der Waals surface area contributed by atoms with Crippen molar-refractivity contribution in [2.45, 2.75) is 25.0 Å². The Hall–Kier alpha value is -2.60. The first kappa shape index (κ1) is 17.2. The fraction of sp³-hybridized carbons (Fsp3) is 0.368. The van der Waals surface area contributed by atoms with Crippen LogP contribution in [0.15, 0.2) is 48.7 Å². The largest absolute Gasteiger partial charge is 0.486 e. The maximum absolute atomic E-state index is 12.9. The molecule has 1 fully saturated rings. The summed E-state index contributed by atoms with van der Waals surface area (Å²) in [5, 5.41) is 10.7. The van der Waals surface area contributed by atoms with Crippen molar-refractivity contribution in [3.05, 3.63) is 54.2 Å². The fourth-order valence-corrected chi connectivity index (χ4v) is 2.91. The van der Waals surface area contributed by atoms with Gasteiger partial charge in [-0.2, -0.15) is 0 Å². The molecule has 0 radical (unpaired) electrons. The third-order valence-corrected chi connectivity index (χ3v) is 4.47. The average molecular weight is 342 g/mol. The zero-order valence-electron chi connectivity index (χ0n) is 14.4. The van der Waals surface area contributed by atoms with Crippen LogP contribution in [0.1, 0.15) is 23.7 Å². The van der Waals surface area contributed by atoms with Gasteiger partial charge in [-0.25, -0.2) is 4.98 Å². The lowest BCUT2D eigenvalue weighted by Gasteiger charge is -2.42. The number of nitrogens with zero attached hydrogens (tertiary/aromatic N) is 2. The molecule has 2 heterocycles. The zero-order valence-corrected chi connectivity index (χ0v) is 14.4. The van der Waals surface area contributed by atoms with E-state index in [1.54, 1.807) is 30.2 Å². The second-order valence-corrected chi connectivity index (χ2v) is 6.34. The average Bonchev–Trinajstić information content (AvgIpc) is 2.63. The molecule has 1 amide bonds. The van der Waals surface area contributed by atoms with Crippen molar-refractivity contribution in [3.8, 4) is 11.6 Å². The lowest BCUT2D eigenvalue weighted by molar-refractivity contribution is -0.0881. The van der Waals surface area contributed by atoms with Crippen LogP contribution in [0.5, 0.6) is 11.6 Å². The number of carbonyl (C=O) groups excluding carboxylic acids is 1. The van der Waals surface area contributed by atoms with Crippen LogP contribution < -0.4 is 9.47 Å². The highest BCUT2D eigenvalue weighted by Gasteiger charge is 2.41. The molecular formula is C19H22N2O4. The van der Waals surface area contributed by atoms with Gasteiger partial charge in [0.15, 0.2) is 0 Å². The molecule has 132 valence electrons. The smallest absolute Gasteiger partial charge is 0.259 e. The van der Waals surface area contributed by atoms with E-state index in [1.807, 2.05) is 30.3 Å². The normalized spacial score (nSPS) is 23.2. The van der Waals surface area contributed by atoms with Gasteiger partial charge in [0.2, 0.25) is 5.88 Å². The number of aliphatic hydroxyl groups is 1. The van der Waals surface area contributed by atoms with E-state index in [0.717, 1.165) is 0 Å². The molecular weight excluding hydrogens is 320 g/mol. The molecule has 6 heteroatoms. The Kier molecular flexibility index (Phi) is 4.90. The quantitative estimate of drug-likeness (QED) is 0.922. The molecule has 1 aromatic heterocycles. The lowest BCUT2D eigenvalue weighted by atomic mass is 9.90. The first-order chi connectivity index (χ1) is 12.0. The molecule has 0 saturated carbocycles. The summed E-state index contributed by atoms with van der Waals surface area (Å²) in [4.78, 5) is 18.6. The van der Waals surface area contributed by atoms with E-state index in [1.165, 1.54) is 7.11 Å². The Morgan fingerprint density at radius 3 is 2.76 bits per heavy atom. The van der Waals surface area contributed by atoms with Crippen LogP contribution in [0.2, 0.25) is 0 Å². The van der Waals surface area contributed by atoms with Crippen LogP contribution in [0.4, 0.5) is 0 Å². The minimum Gasteiger partial charge on any atom is -0.486 e. The molecule has 0 unspecified atom stereocenters. The fourth-order valence-electron chi connectivity index (χ4n) is 2.91. The predicted octanol–water partition coefficient (Wildman–Crippen LogP) is 2.13. The van der Waals surface area contributed by atoms with Gasteiger partial charge in [-0.15, -0.1) is 0 Å². The van der Waals surface area contributed by atoms with Crippen LogP contribution in [0, 0.1) is 0 Å². The Morgan fingerprint density at radius 1 is 1.28 bits per heavy atom. The number of benzene rings is 1. The van der Waals surface area contributed by atoms with Crippen molar-refractivity contribution in [2.75, 3.05) is 20.2 Å². The Bertz CT molecular complexity index is 733. The summed E-state index contributed by atoms with van der Waals surface area (Å²) in [6, 6.07) is 12.7. The summed E-state index contributed by atoms with van der Waals surface area (Å²) in [5.41, 5.74) is -0.601. The molecule has 1 N–H and O–H groups in total. The van der Waals surface area contributed by atoms with Crippen LogP contribution >= 0.6 is 0 Å². The van der Waals surface area contributed by atoms with E-state index < -0.39 is 11.7 Å². The van der Waals surface area contributed by atoms with E-state index >= 15 is 0 Å². The number of amides is 1. The molecule has 6 nitrogen and oxygen atoms in total. The minimum absolute atomic E-state index is 0.179. The van der Waals surface area contributed by atoms with Crippen molar-refractivity contribution in [1.29, 1.82) is 0 Å². The summed E-state index contributed by atoms with van der Waals surface area (Å²) in [7, 11) is 1.49. The maximum Gasteiger partial charge on any atom is 0.259 e. The van der Waals surface area contributed by atoms with Crippen molar-refractivity contribution >= 4 is 5.91 Å². The van der Waals surface area contributed by atoms with Gasteiger partial charge in [-0.05, 0) is 37.6 Å². The van der Waals surface area contributed by atoms with Crippen molar-refractivity contribution in [2.24, 2.45) is 0 Å². The third kappa shape index (κ3) is 3.74. The topological polar surface area (TPSA) is 71.9 Å². The number of ether oxygens (including phenoxy) is 2. The van der Waals surface area contributed by atoms with Crippen molar-refractivity contribution < 1.29 is 19.4 Å². The summed E-state index contributed by atoms with van der Waals surface area (Å²) in [6.07, 6.45) is 1.49. The number of methoxy groups -OCH3 is 1. The predicted molar refractivity (Wildman–Crippen MR) is 92.8 cm³/mol. The molecule has 1 aliphatic heterocycles. The van der Waals surface area contributed by atoms with E-state index in [-0.39, 0.29) is 5.91 Å². The first-order valence-corrected chi connectivity index (χ1v) is 8.23. The van der Waals surface area contributed by atoms with E-state index in [0.29, 0.717) is 36.7 Å². The number of aromatic nitrogens is 1. The SMILES string of the molecule is COc1ncccc1C(=O)N1CC[C@@](C)(O)[C@H](Oc2ccccc2)C1. The summed E-state index contributed by atoms with van der Waals surface area (Å²) in [6.45, 7) is 2.48. The summed E-state index contributed by atoms with van der Waals surface area (Å²) >= 11 is 0. The highest BCUT2D eigenvalue weighted by atomic mass is 16.5. The second-order valence-electron chi connectivity index (χ2n) is 6.34. The molecule has 25 heavy (non-hydrogen) atoms. The molecule has 2 atom stereocenters. The van der Waals surface area contributed by atoms with Gasteiger partial charge >= 0.3 is 0 Å². The number of rotatable bonds is 4. The van der Waals surface area contributed by atoms with Crippen LogP contribution in [-0.4, -0.2) is 52.8 Å². The van der Waals surface area contributed by atoms with Crippen LogP contribution in [0.25, 0.3) is 0 Å². The Labute approximate surface area is 147 Å². The van der Waals surface area contributed by atoms with Gasteiger partial charge in [0.25, 0.3) is 5.91 Å². The van der Waals surface area contributed by atoms with Gasteiger partial charge in [-0.1, -0.05) is 18.2 Å². The Balaban J connectivity index is 1.79. The van der Waals surface area contributed by atoms with Crippen molar-refractivity contribution in [3.63, 3.8) is 0 Å². The first-order valence-electron chi connectivity index (χ1n) is 8.23. The number of likely N-dealkylation sites (tertiary alicyclic amines) is 1. The summed E-state index contributed by atoms with van der Waals surface area (Å²) < 4.78 is 11.1. The minimum atomic E-state index is -1.01. The van der Waals surface area contributed by atoms with Gasteiger partial charge in [0.05, 0.1) is 13.7 Å². The van der Waals surface area contributed by atoms with Gasteiger partial charge in [0.1, 0.15) is 23.0 Å². The molecule has 0 aliphatic carbocycles. The lowest BCUT2D eigenvalue weighted by Crippen LogP contribution is -2.57. The van der Waals surface area contributed by atoms with Gasteiger partial charge < -0.3 is 19.5 Å². The monoisotopic (exact) mass is 342 g/mol. The Morgan fingerprint density at radius 2 is 2.04 bits per heavy atom. The highest BCUT2D eigenvalue weighted by Crippen LogP contribution is 2.28. The van der Waals surface area contributed by atoms with E-state index in [2.05, 4.69) is 4.98 Å². The van der Waals surface area contributed by atoms with Crippen LogP contribution in [0.3, 0.4) is 0 Å². The highest BCUT2D eigenvalue weighted by molar-refractivity contribution is 5.96. The molecule has 0 spiro atoms. The molecule has 1 aromatic carbocycles. The second kappa shape index (κ2) is 7.11. The van der Waals surface area contributed by atoms with Gasteiger partial charge in [0, 0.05) is 12.7 Å². The molecule has 2 aromatic rings. The number of hydrogen-bond acceptors (Lipinski definition) is 5. The van der Waals surface area contributed by atoms with Crippen molar-refractivity contribution in [1.82, 2.24) is 9.88 Å². The molecule has 1 saturated heterocycles. The number of carbonyl (C=O) groups is 1. The number of para-hydroxylation sites is 1.